The number of amides is 1. The Morgan fingerprint density at radius 3 is 2.52 bits per heavy atom. The molecule has 0 aliphatic heterocycles. The van der Waals surface area contributed by atoms with Crippen molar-refractivity contribution in [3.8, 4) is 11.5 Å². The largest absolute Gasteiger partial charge is 0.493 e. The van der Waals surface area contributed by atoms with Gasteiger partial charge in [-0.3, -0.25) is 9.59 Å². The summed E-state index contributed by atoms with van der Waals surface area (Å²) in [6.07, 6.45) is 0.448. The summed E-state index contributed by atoms with van der Waals surface area (Å²) in [6, 6.07) is 4.46. The highest BCUT2D eigenvalue weighted by Gasteiger charge is 2.16. The Morgan fingerprint density at radius 1 is 1.29 bits per heavy atom. The number of hydrogen-bond acceptors (Lipinski definition) is 4. The van der Waals surface area contributed by atoms with Crippen molar-refractivity contribution in [2.75, 3.05) is 13.7 Å². The normalized spacial score (nSPS) is 11.6. The molecule has 1 rings (SSSR count). The first-order valence-electron chi connectivity index (χ1n) is 6.85. The molecule has 1 aromatic rings. The molecule has 1 aromatic carbocycles. The maximum atomic E-state index is 12.2. The van der Waals surface area contributed by atoms with Crippen LogP contribution in [0.15, 0.2) is 18.2 Å². The van der Waals surface area contributed by atoms with E-state index in [1.54, 1.807) is 18.2 Å². The van der Waals surface area contributed by atoms with Crippen LogP contribution in [0.2, 0.25) is 0 Å². The van der Waals surface area contributed by atoms with Gasteiger partial charge in [0.15, 0.2) is 11.5 Å². The molecule has 0 aliphatic carbocycles. The zero-order valence-electron chi connectivity index (χ0n) is 12.5. The van der Waals surface area contributed by atoms with Gasteiger partial charge < -0.3 is 19.9 Å². The first-order chi connectivity index (χ1) is 10.0. The van der Waals surface area contributed by atoms with E-state index in [1.165, 1.54) is 7.11 Å². The van der Waals surface area contributed by atoms with Gasteiger partial charge in [0.05, 0.1) is 20.1 Å². The fourth-order valence-corrected chi connectivity index (χ4v) is 1.86. The molecule has 0 saturated carbocycles. The molecule has 2 N–H and O–H groups in total. The van der Waals surface area contributed by atoms with Crippen molar-refractivity contribution in [3.63, 3.8) is 0 Å². The van der Waals surface area contributed by atoms with Crippen molar-refractivity contribution in [1.29, 1.82) is 0 Å². The molecule has 0 spiro atoms. The predicted octanol–water partition coefficient (Wildman–Crippen LogP) is 2.08. The lowest BCUT2D eigenvalue weighted by Gasteiger charge is -2.16. The van der Waals surface area contributed by atoms with E-state index in [0.29, 0.717) is 30.1 Å². The molecule has 0 aliphatic rings. The van der Waals surface area contributed by atoms with Crippen LogP contribution in [0.5, 0.6) is 11.5 Å². The maximum absolute atomic E-state index is 12.2. The van der Waals surface area contributed by atoms with Gasteiger partial charge in [-0.1, -0.05) is 6.92 Å². The Bertz CT molecular complexity index is 501. The van der Waals surface area contributed by atoms with Gasteiger partial charge in [0.1, 0.15) is 0 Å². The number of hydrogen-bond donors (Lipinski definition) is 2. The van der Waals surface area contributed by atoms with E-state index in [2.05, 4.69) is 5.32 Å². The lowest BCUT2D eigenvalue weighted by molar-refractivity contribution is -0.137. The molecule has 6 heteroatoms. The molecular weight excluding hydrogens is 274 g/mol. The third-order valence-electron chi connectivity index (χ3n) is 2.97. The van der Waals surface area contributed by atoms with Crippen LogP contribution in [-0.2, 0) is 4.79 Å². The lowest BCUT2D eigenvalue weighted by atomic mass is 10.1. The van der Waals surface area contributed by atoms with E-state index in [0.717, 1.165) is 0 Å². The van der Waals surface area contributed by atoms with Gasteiger partial charge in [0.25, 0.3) is 5.91 Å². The van der Waals surface area contributed by atoms with Crippen LogP contribution in [0.25, 0.3) is 0 Å². The first kappa shape index (κ1) is 16.8. The maximum Gasteiger partial charge on any atom is 0.305 e. The van der Waals surface area contributed by atoms with E-state index < -0.39 is 12.0 Å². The predicted molar refractivity (Wildman–Crippen MR) is 78.0 cm³/mol. The third kappa shape index (κ3) is 4.98. The van der Waals surface area contributed by atoms with Gasteiger partial charge in [-0.15, -0.1) is 0 Å². The minimum atomic E-state index is -0.938. The lowest BCUT2D eigenvalue weighted by Crippen LogP contribution is -2.36. The first-order valence-corrected chi connectivity index (χ1v) is 6.85. The number of methoxy groups -OCH3 is 1. The molecule has 21 heavy (non-hydrogen) atoms. The summed E-state index contributed by atoms with van der Waals surface area (Å²) in [7, 11) is 1.53. The van der Waals surface area contributed by atoms with E-state index in [-0.39, 0.29) is 12.3 Å². The molecule has 0 saturated heterocycles. The van der Waals surface area contributed by atoms with Crippen LogP contribution in [0.4, 0.5) is 0 Å². The number of carbonyl (C=O) groups is 2. The average Bonchev–Trinajstić information content (AvgIpc) is 2.46. The van der Waals surface area contributed by atoms with Crippen LogP contribution in [0.3, 0.4) is 0 Å². The van der Waals surface area contributed by atoms with Crippen molar-refractivity contribution in [1.82, 2.24) is 5.32 Å². The van der Waals surface area contributed by atoms with E-state index in [9.17, 15) is 9.59 Å². The zero-order chi connectivity index (χ0) is 15.8. The van der Waals surface area contributed by atoms with Crippen LogP contribution >= 0.6 is 0 Å². The number of carbonyl (C=O) groups excluding carboxylic acids is 1. The number of carboxylic acid groups (broad SMARTS) is 1. The summed E-state index contributed by atoms with van der Waals surface area (Å²) in [5, 5.41) is 11.5. The van der Waals surface area contributed by atoms with Gasteiger partial charge >= 0.3 is 5.97 Å². The van der Waals surface area contributed by atoms with Gasteiger partial charge in [-0.05, 0) is 31.5 Å². The monoisotopic (exact) mass is 295 g/mol. The highest BCUT2D eigenvalue weighted by molar-refractivity contribution is 5.95. The highest BCUT2D eigenvalue weighted by Crippen LogP contribution is 2.28. The summed E-state index contributed by atoms with van der Waals surface area (Å²) < 4.78 is 10.6. The van der Waals surface area contributed by atoms with Crippen molar-refractivity contribution in [2.45, 2.75) is 32.7 Å². The summed E-state index contributed by atoms with van der Waals surface area (Å²) in [5.74, 6) is -0.233. The van der Waals surface area contributed by atoms with Crippen LogP contribution in [0, 0.1) is 0 Å². The minimum absolute atomic E-state index is 0.100. The van der Waals surface area contributed by atoms with Gasteiger partial charge in [0, 0.05) is 11.6 Å². The van der Waals surface area contributed by atoms with Crippen molar-refractivity contribution >= 4 is 11.9 Å². The molecule has 1 amide bonds. The number of benzene rings is 1. The topological polar surface area (TPSA) is 84.9 Å². The number of aliphatic carboxylic acids is 1. The van der Waals surface area contributed by atoms with E-state index in [1.807, 2.05) is 13.8 Å². The number of ether oxygens (including phenoxy) is 2. The molecule has 6 nitrogen and oxygen atoms in total. The van der Waals surface area contributed by atoms with Crippen LogP contribution in [0.1, 0.15) is 37.0 Å². The second-order valence-electron chi connectivity index (χ2n) is 4.48. The van der Waals surface area contributed by atoms with Crippen molar-refractivity contribution < 1.29 is 24.2 Å². The summed E-state index contributed by atoms with van der Waals surface area (Å²) in [4.78, 5) is 22.9. The molecule has 1 atom stereocenters. The number of carboxylic acids is 1. The van der Waals surface area contributed by atoms with Gasteiger partial charge in [0.2, 0.25) is 0 Å². The Hall–Kier alpha value is -2.24. The SMILES string of the molecule is CCOc1cc(C(=O)NC(CC)CC(=O)O)ccc1OC. The fraction of sp³-hybridized carbons (Fsp3) is 0.467. The molecule has 0 fully saturated rings. The van der Waals surface area contributed by atoms with E-state index >= 15 is 0 Å². The molecule has 0 bridgehead atoms. The smallest absolute Gasteiger partial charge is 0.305 e. The Kier molecular flexibility index (Phi) is 6.52. The van der Waals surface area contributed by atoms with Gasteiger partial charge in [-0.25, -0.2) is 0 Å². The summed E-state index contributed by atoms with van der Waals surface area (Å²) in [6.45, 7) is 4.12. The van der Waals surface area contributed by atoms with Gasteiger partial charge in [-0.2, -0.15) is 0 Å². The minimum Gasteiger partial charge on any atom is -0.493 e. The second-order valence-corrected chi connectivity index (χ2v) is 4.48. The number of nitrogens with one attached hydrogen (secondary N) is 1. The van der Waals surface area contributed by atoms with Crippen LogP contribution < -0.4 is 14.8 Å². The average molecular weight is 295 g/mol. The Labute approximate surface area is 124 Å². The third-order valence-corrected chi connectivity index (χ3v) is 2.97. The molecule has 0 radical (unpaired) electrons. The highest BCUT2D eigenvalue weighted by atomic mass is 16.5. The second kappa shape index (κ2) is 8.14. The standard InChI is InChI=1S/C15H21NO5/c1-4-11(9-14(17)18)16-15(19)10-6-7-12(20-3)13(8-10)21-5-2/h6-8,11H,4-5,9H2,1-3H3,(H,16,19)(H,17,18). The van der Waals surface area contributed by atoms with Crippen LogP contribution in [-0.4, -0.2) is 36.7 Å². The Balaban J connectivity index is 2.86. The summed E-state index contributed by atoms with van der Waals surface area (Å²) in [5.41, 5.74) is 0.406. The number of rotatable bonds is 8. The molecule has 116 valence electrons. The zero-order valence-corrected chi connectivity index (χ0v) is 12.5. The fourth-order valence-electron chi connectivity index (χ4n) is 1.86. The summed E-state index contributed by atoms with van der Waals surface area (Å²) >= 11 is 0. The van der Waals surface area contributed by atoms with Crippen molar-refractivity contribution in [2.24, 2.45) is 0 Å². The van der Waals surface area contributed by atoms with Crippen molar-refractivity contribution in [3.05, 3.63) is 23.8 Å². The van der Waals surface area contributed by atoms with E-state index in [4.69, 9.17) is 14.6 Å². The molecule has 0 aromatic heterocycles. The molecule has 0 heterocycles. The Morgan fingerprint density at radius 2 is 2.00 bits per heavy atom. The quantitative estimate of drug-likeness (QED) is 0.767. The molecule has 1 unspecified atom stereocenters. The molecular formula is C15H21NO5.